The maximum atomic E-state index is 11.7. The number of carbonyl (C=O) groups is 2. The Bertz CT molecular complexity index is 914. The number of carbonyl (C=O) groups excluding carboxylic acids is 2. The summed E-state index contributed by atoms with van der Waals surface area (Å²) in [4.78, 5) is 33.8. The first-order valence-electron chi connectivity index (χ1n) is 8.10. The van der Waals surface area contributed by atoms with Crippen molar-refractivity contribution in [1.82, 2.24) is 20.2 Å². The topological polar surface area (TPSA) is 105 Å². The van der Waals surface area contributed by atoms with Crippen molar-refractivity contribution in [2.75, 3.05) is 27.2 Å². The zero-order valence-corrected chi connectivity index (χ0v) is 15.6. The van der Waals surface area contributed by atoms with Crippen molar-refractivity contribution >= 4 is 29.0 Å². The van der Waals surface area contributed by atoms with Crippen LogP contribution in [0.5, 0.6) is 11.6 Å². The van der Waals surface area contributed by atoms with Crippen LogP contribution in [0, 0.1) is 0 Å². The van der Waals surface area contributed by atoms with Gasteiger partial charge in [0.2, 0.25) is 5.88 Å². The molecule has 140 valence electrons. The third-order valence-electron chi connectivity index (χ3n) is 3.65. The van der Waals surface area contributed by atoms with E-state index in [9.17, 15) is 14.7 Å². The molecule has 27 heavy (non-hydrogen) atoms. The summed E-state index contributed by atoms with van der Waals surface area (Å²) >= 11 is 0.791. The number of amides is 2. The van der Waals surface area contributed by atoms with Crippen LogP contribution in [-0.4, -0.2) is 58.4 Å². The molecule has 0 saturated carbocycles. The molecule has 0 aliphatic carbocycles. The van der Waals surface area contributed by atoms with Crippen molar-refractivity contribution < 1.29 is 19.4 Å². The summed E-state index contributed by atoms with van der Waals surface area (Å²) in [5.41, 5.74) is 1.66. The molecule has 1 fully saturated rings. The molecular weight excluding hydrogens is 368 g/mol. The largest absolute Gasteiger partial charge is 0.507 e. The normalized spacial score (nSPS) is 15.4. The molecular formula is C18H18N4O4S. The highest BCUT2D eigenvalue weighted by Gasteiger charge is 2.25. The van der Waals surface area contributed by atoms with Crippen LogP contribution in [0.2, 0.25) is 0 Å². The second-order valence-corrected chi connectivity index (χ2v) is 7.03. The molecule has 0 atom stereocenters. The van der Waals surface area contributed by atoms with Gasteiger partial charge >= 0.3 is 0 Å². The number of likely N-dealkylation sites (N-methyl/N-ethyl adjacent to an activating group) is 1. The molecule has 2 N–H and O–H groups in total. The summed E-state index contributed by atoms with van der Waals surface area (Å²) in [6.07, 6.45) is 4.59. The molecule has 0 bridgehead atoms. The molecule has 0 unspecified atom stereocenters. The number of hydrogen-bond donors (Lipinski definition) is 2. The van der Waals surface area contributed by atoms with Crippen LogP contribution in [0.25, 0.3) is 17.3 Å². The van der Waals surface area contributed by atoms with Crippen molar-refractivity contribution in [2.45, 2.75) is 0 Å². The van der Waals surface area contributed by atoms with Gasteiger partial charge in [-0.2, -0.15) is 0 Å². The number of phenols is 1. The van der Waals surface area contributed by atoms with E-state index in [4.69, 9.17) is 4.74 Å². The summed E-state index contributed by atoms with van der Waals surface area (Å²) in [6.45, 7) is 1.24. The highest BCUT2D eigenvalue weighted by molar-refractivity contribution is 8.18. The quantitative estimate of drug-likeness (QED) is 0.728. The number of imide groups is 1. The van der Waals surface area contributed by atoms with Crippen LogP contribution in [0.3, 0.4) is 0 Å². The van der Waals surface area contributed by atoms with Gasteiger partial charge in [-0.05, 0) is 50.1 Å². The fourth-order valence-electron chi connectivity index (χ4n) is 2.28. The van der Waals surface area contributed by atoms with Gasteiger partial charge in [0, 0.05) is 17.7 Å². The van der Waals surface area contributed by atoms with Crippen LogP contribution in [0.1, 0.15) is 5.56 Å². The zero-order valence-electron chi connectivity index (χ0n) is 14.8. The van der Waals surface area contributed by atoms with Gasteiger partial charge in [0.05, 0.1) is 23.0 Å². The minimum atomic E-state index is -0.481. The van der Waals surface area contributed by atoms with Crippen LogP contribution >= 0.6 is 11.8 Å². The number of hydrogen-bond acceptors (Lipinski definition) is 8. The van der Waals surface area contributed by atoms with Crippen molar-refractivity contribution in [3.63, 3.8) is 0 Å². The standard InChI is InChI=1S/C18H18N4O4S/c1-22(2)5-6-26-16-10-19-9-13(20-16)11-3-4-14(23)12(7-11)8-15-17(24)21-18(25)27-15/h3-4,7-10,23H,5-6H2,1-2H3,(H,21,24,25). The predicted octanol–water partition coefficient (Wildman–Crippen LogP) is 2.11. The molecule has 2 amide bonds. The zero-order chi connectivity index (χ0) is 19.4. The van der Waals surface area contributed by atoms with Crippen molar-refractivity contribution in [2.24, 2.45) is 0 Å². The van der Waals surface area contributed by atoms with E-state index in [1.54, 1.807) is 18.3 Å². The Morgan fingerprint density at radius 3 is 2.81 bits per heavy atom. The highest BCUT2D eigenvalue weighted by atomic mass is 32.2. The average Bonchev–Trinajstić information content (AvgIpc) is 2.94. The van der Waals surface area contributed by atoms with Gasteiger partial charge < -0.3 is 14.7 Å². The summed E-state index contributed by atoms with van der Waals surface area (Å²) in [5, 5.41) is 11.8. The van der Waals surface area contributed by atoms with Crippen LogP contribution in [0.4, 0.5) is 4.79 Å². The monoisotopic (exact) mass is 386 g/mol. The van der Waals surface area contributed by atoms with Crippen LogP contribution in [-0.2, 0) is 4.79 Å². The molecule has 1 aromatic heterocycles. The van der Waals surface area contributed by atoms with Gasteiger partial charge in [-0.25, -0.2) is 4.98 Å². The lowest BCUT2D eigenvalue weighted by molar-refractivity contribution is -0.115. The molecule has 9 heteroatoms. The van der Waals surface area contributed by atoms with Gasteiger partial charge in [-0.3, -0.25) is 19.9 Å². The van der Waals surface area contributed by atoms with Gasteiger partial charge in [-0.15, -0.1) is 0 Å². The highest BCUT2D eigenvalue weighted by Crippen LogP contribution is 2.31. The minimum Gasteiger partial charge on any atom is -0.507 e. The molecule has 1 saturated heterocycles. The predicted molar refractivity (Wildman–Crippen MR) is 102 cm³/mol. The van der Waals surface area contributed by atoms with Gasteiger partial charge in [0.25, 0.3) is 11.1 Å². The Morgan fingerprint density at radius 1 is 1.30 bits per heavy atom. The number of nitrogens with one attached hydrogen (secondary N) is 1. The van der Waals surface area contributed by atoms with E-state index in [0.717, 1.165) is 18.3 Å². The van der Waals surface area contributed by atoms with Gasteiger partial charge in [0.1, 0.15) is 12.4 Å². The van der Waals surface area contributed by atoms with Crippen LogP contribution in [0.15, 0.2) is 35.5 Å². The number of aromatic nitrogens is 2. The Balaban J connectivity index is 1.85. The van der Waals surface area contributed by atoms with E-state index < -0.39 is 11.1 Å². The number of rotatable bonds is 6. The van der Waals surface area contributed by atoms with E-state index in [-0.39, 0.29) is 10.7 Å². The molecule has 8 nitrogen and oxygen atoms in total. The molecule has 1 aromatic carbocycles. The lowest BCUT2D eigenvalue weighted by atomic mass is 10.1. The molecule has 1 aliphatic rings. The van der Waals surface area contributed by atoms with Gasteiger partial charge in [-0.1, -0.05) is 0 Å². The third-order valence-corrected chi connectivity index (χ3v) is 4.46. The molecule has 1 aliphatic heterocycles. The second-order valence-electron chi connectivity index (χ2n) is 6.02. The fourth-order valence-corrected chi connectivity index (χ4v) is 2.95. The number of phenolic OH excluding ortho intramolecular Hbond substituents is 1. The van der Waals surface area contributed by atoms with Gasteiger partial charge in [0.15, 0.2) is 0 Å². The lowest BCUT2D eigenvalue weighted by Crippen LogP contribution is -2.19. The number of aromatic hydroxyl groups is 1. The van der Waals surface area contributed by atoms with E-state index >= 15 is 0 Å². The Kier molecular flexibility index (Phi) is 5.72. The Labute approximate surface area is 160 Å². The molecule has 0 radical (unpaired) electrons. The number of benzene rings is 1. The molecule has 3 rings (SSSR count). The van der Waals surface area contributed by atoms with E-state index in [0.29, 0.717) is 29.3 Å². The summed E-state index contributed by atoms with van der Waals surface area (Å²) in [7, 11) is 3.91. The minimum absolute atomic E-state index is 0.00894. The number of thioether (sulfide) groups is 1. The Hall–Kier alpha value is -2.91. The maximum Gasteiger partial charge on any atom is 0.290 e. The Morgan fingerprint density at radius 2 is 2.11 bits per heavy atom. The number of nitrogens with zero attached hydrogens (tertiary/aromatic N) is 3. The van der Waals surface area contributed by atoms with Crippen molar-refractivity contribution in [3.05, 3.63) is 41.1 Å². The van der Waals surface area contributed by atoms with Crippen LogP contribution < -0.4 is 10.1 Å². The van der Waals surface area contributed by atoms with E-state index in [1.807, 2.05) is 19.0 Å². The fraction of sp³-hybridized carbons (Fsp3) is 0.222. The SMILES string of the molecule is CN(C)CCOc1cncc(-c2ccc(O)c(C=C3SC(=O)NC3=O)c2)n1. The molecule has 2 heterocycles. The third kappa shape index (κ3) is 4.83. The maximum absolute atomic E-state index is 11.7. The van der Waals surface area contributed by atoms with E-state index in [1.165, 1.54) is 18.3 Å². The summed E-state index contributed by atoms with van der Waals surface area (Å²) in [5.74, 6) is -0.0881. The van der Waals surface area contributed by atoms with E-state index in [2.05, 4.69) is 15.3 Å². The summed E-state index contributed by atoms with van der Waals surface area (Å²) < 4.78 is 5.60. The second kappa shape index (κ2) is 8.19. The first-order chi connectivity index (χ1) is 12.9. The lowest BCUT2D eigenvalue weighted by Gasteiger charge is -2.11. The first-order valence-corrected chi connectivity index (χ1v) is 8.92. The molecule has 2 aromatic rings. The smallest absolute Gasteiger partial charge is 0.290 e. The first kappa shape index (κ1) is 18.9. The summed E-state index contributed by atoms with van der Waals surface area (Å²) in [6, 6.07) is 4.87. The van der Waals surface area contributed by atoms with Crippen molar-refractivity contribution in [1.29, 1.82) is 0 Å². The van der Waals surface area contributed by atoms with Crippen molar-refractivity contribution in [3.8, 4) is 22.9 Å². The number of ether oxygens (including phenoxy) is 1. The molecule has 0 spiro atoms. The average molecular weight is 386 g/mol.